The lowest BCUT2D eigenvalue weighted by Gasteiger charge is -2.33. The Morgan fingerprint density at radius 2 is 2.00 bits per heavy atom. The highest BCUT2D eigenvalue weighted by molar-refractivity contribution is 5.77. The van der Waals surface area contributed by atoms with Gasteiger partial charge in [-0.15, -0.1) is 0 Å². The standard InChI is InChI=1S/C17H26N2O2/c1-12-4-5-16(10-13(12)2)21-11-17(20)19-8-6-15(7-9-19)14(3)18/h4-5,10,14-15H,6-9,11,18H2,1-3H3. The largest absolute Gasteiger partial charge is 0.484 e. The maximum Gasteiger partial charge on any atom is 0.260 e. The van der Waals surface area contributed by atoms with E-state index in [1.54, 1.807) is 0 Å². The molecule has 1 heterocycles. The van der Waals surface area contributed by atoms with Crippen molar-refractivity contribution in [2.24, 2.45) is 11.7 Å². The van der Waals surface area contributed by atoms with E-state index >= 15 is 0 Å². The Morgan fingerprint density at radius 3 is 2.57 bits per heavy atom. The van der Waals surface area contributed by atoms with Crippen molar-refractivity contribution in [3.05, 3.63) is 29.3 Å². The van der Waals surface area contributed by atoms with E-state index in [1.807, 2.05) is 36.9 Å². The van der Waals surface area contributed by atoms with Gasteiger partial charge in [0.2, 0.25) is 0 Å². The molecule has 1 unspecified atom stereocenters. The first-order valence-electron chi connectivity index (χ1n) is 7.71. The molecule has 1 aliphatic heterocycles. The van der Waals surface area contributed by atoms with Crippen molar-refractivity contribution in [3.63, 3.8) is 0 Å². The number of benzene rings is 1. The first kappa shape index (κ1) is 15.8. The number of carbonyl (C=O) groups is 1. The maximum atomic E-state index is 12.2. The fraction of sp³-hybridized carbons (Fsp3) is 0.588. The van der Waals surface area contributed by atoms with Crippen LogP contribution in [0.4, 0.5) is 0 Å². The predicted molar refractivity (Wildman–Crippen MR) is 84.4 cm³/mol. The quantitative estimate of drug-likeness (QED) is 0.925. The average molecular weight is 290 g/mol. The van der Waals surface area contributed by atoms with E-state index in [0.29, 0.717) is 5.92 Å². The van der Waals surface area contributed by atoms with Gasteiger partial charge in [0.15, 0.2) is 6.61 Å². The van der Waals surface area contributed by atoms with Crippen molar-refractivity contribution in [2.45, 2.75) is 39.7 Å². The number of ether oxygens (including phenoxy) is 1. The molecule has 21 heavy (non-hydrogen) atoms. The lowest BCUT2D eigenvalue weighted by atomic mass is 9.91. The summed E-state index contributed by atoms with van der Waals surface area (Å²) in [5.41, 5.74) is 8.33. The van der Waals surface area contributed by atoms with Crippen molar-refractivity contribution in [1.82, 2.24) is 4.90 Å². The first-order valence-corrected chi connectivity index (χ1v) is 7.71. The third-order valence-corrected chi connectivity index (χ3v) is 4.48. The zero-order valence-corrected chi connectivity index (χ0v) is 13.3. The van der Waals surface area contributed by atoms with Gasteiger partial charge in [0.1, 0.15) is 5.75 Å². The zero-order valence-electron chi connectivity index (χ0n) is 13.3. The Hall–Kier alpha value is -1.55. The summed E-state index contributed by atoms with van der Waals surface area (Å²) >= 11 is 0. The van der Waals surface area contributed by atoms with Crippen LogP contribution in [0.5, 0.6) is 5.75 Å². The number of amides is 1. The normalized spacial score (nSPS) is 17.6. The number of aryl methyl sites for hydroxylation is 2. The third-order valence-electron chi connectivity index (χ3n) is 4.48. The van der Waals surface area contributed by atoms with E-state index in [9.17, 15) is 4.79 Å². The molecule has 0 saturated carbocycles. The van der Waals surface area contributed by atoms with E-state index < -0.39 is 0 Å². The summed E-state index contributed by atoms with van der Waals surface area (Å²) in [4.78, 5) is 14.1. The van der Waals surface area contributed by atoms with Crippen LogP contribution in [0.15, 0.2) is 18.2 Å². The topological polar surface area (TPSA) is 55.6 Å². The van der Waals surface area contributed by atoms with E-state index in [1.165, 1.54) is 11.1 Å². The SMILES string of the molecule is Cc1ccc(OCC(=O)N2CCC(C(C)N)CC2)cc1C. The zero-order chi connectivity index (χ0) is 15.4. The van der Waals surface area contributed by atoms with Crippen LogP contribution in [0.1, 0.15) is 30.9 Å². The van der Waals surface area contributed by atoms with Crippen molar-refractivity contribution in [2.75, 3.05) is 19.7 Å². The molecule has 1 amide bonds. The van der Waals surface area contributed by atoms with Crippen molar-refractivity contribution in [1.29, 1.82) is 0 Å². The van der Waals surface area contributed by atoms with Gasteiger partial charge in [-0.3, -0.25) is 4.79 Å². The second-order valence-electron chi connectivity index (χ2n) is 6.11. The molecule has 0 spiro atoms. The molecule has 1 saturated heterocycles. The number of rotatable bonds is 4. The summed E-state index contributed by atoms with van der Waals surface area (Å²) in [7, 11) is 0. The molecule has 2 N–H and O–H groups in total. The lowest BCUT2D eigenvalue weighted by molar-refractivity contribution is -0.134. The molecule has 2 rings (SSSR count). The fourth-order valence-corrected chi connectivity index (χ4v) is 2.71. The molecular weight excluding hydrogens is 264 g/mol. The van der Waals surface area contributed by atoms with Crippen molar-refractivity contribution in [3.8, 4) is 5.75 Å². The van der Waals surface area contributed by atoms with Crippen LogP contribution in [0, 0.1) is 19.8 Å². The monoisotopic (exact) mass is 290 g/mol. The van der Waals surface area contributed by atoms with Crippen molar-refractivity contribution < 1.29 is 9.53 Å². The second kappa shape index (κ2) is 6.94. The molecule has 1 aromatic rings. The van der Waals surface area contributed by atoms with Crippen LogP contribution in [0.2, 0.25) is 0 Å². The molecule has 0 aromatic heterocycles. The third kappa shape index (κ3) is 4.21. The van der Waals surface area contributed by atoms with Gasteiger partial charge < -0.3 is 15.4 Å². The number of carbonyl (C=O) groups excluding carboxylic acids is 1. The van der Waals surface area contributed by atoms with Gasteiger partial charge >= 0.3 is 0 Å². The molecule has 116 valence electrons. The van der Waals surface area contributed by atoms with Gasteiger partial charge in [0, 0.05) is 19.1 Å². The van der Waals surface area contributed by atoms with E-state index in [4.69, 9.17) is 10.5 Å². The Morgan fingerprint density at radius 1 is 1.33 bits per heavy atom. The van der Waals surface area contributed by atoms with Crippen LogP contribution in [0.25, 0.3) is 0 Å². The highest BCUT2D eigenvalue weighted by Gasteiger charge is 2.24. The molecule has 1 aromatic carbocycles. The van der Waals surface area contributed by atoms with Crippen molar-refractivity contribution >= 4 is 5.91 Å². The van der Waals surface area contributed by atoms with Crippen LogP contribution >= 0.6 is 0 Å². The Balaban J connectivity index is 1.81. The molecule has 0 bridgehead atoms. The summed E-state index contributed by atoms with van der Waals surface area (Å²) < 4.78 is 5.62. The Labute approximate surface area is 127 Å². The molecule has 1 fully saturated rings. The molecule has 1 atom stereocenters. The van der Waals surface area contributed by atoms with E-state index in [0.717, 1.165) is 31.7 Å². The maximum absolute atomic E-state index is 12.2. The van der Waals surface area contributed by atoms with Crippen LogP contribution in [0.3, 0.4) is 0 Å². The first-order chi connectivity index (χ1) is 9.97. The number of piperidine rings is 1. The van der Waals surface area contributed by atoms with Crippen LogP contribution < -0.4 is 10.5 Å². The van der Waals surface area contributed by atoms with E-state index in [-0.39, 0.29) is 18.6 Å². The highest BCUT2D eigenvalue weighted by atomic mass is 16.5. The minimum Gasteiger partial charge on any atom is -0.484 e. The number of likely N-dealkylation sites (tertiary alicyclic amines) is 1. The number of nitrogens with two attached hydrogens (primary N) is 1. The van der Waals surface area contributed by atoms with E-state index in [2.05, 4.69) is 6.92 Å². The summed E-state index contributed by atoms with van der Waals surface area (Å²) in [6, 6.07) is 6.13. The van der Waals surface area contributed by atoms with Gasteiger partial charge in [-0.1, -0.05) is 6.07 Å². The Bertz CT molecular complexity index is 492. The molecule has 0 radical (unpaired) electrons. The van der Waals surface area contributed by atoms with Crippen LogP contribution in [-0.4, -0.2) is 36.5 Å². The Kier molecular flexibility index (Phi) is 5.23. The van der Waals surface area contributed by atoms with Gasteiger partial charge in [-0.2, -0.15) is 0 Å². The predicted octanol–water partition coefficient (Wildman–Crippen LogP) is 2.27. The molecule has 4 heteroatoms. The summed E-state index contributed by atoms with van der Waals surface area (Å²) in [5, 5.41) is 0. The lowest BCUT2D eigenvalue weighted by Crippen LogP contribution is -2.44. The number of nitrogens with zero attached hydrogens (tertiary/aromatic N) is 1. The van der Waals surface area contributed by atoms with Gasteiger partial charge in [0.05, 0.1) is 0 Å². The summed E-state index contributed by atoms with van der Waals surface area (Å²) in [6.45, 7) is 7.86. The van der Waals surface area contributed by atoms with Gasteiger partial charge in [-0.05, 0) is 62.8 Å². The van der Waals surface area contributed by atoms with Gasteiger partial charge in [-0.25, -0.2) is 0 Å². The smallest absolute Gasteiger partial charge is 0.260 e. The molecule has 0 aliphatic carbocycles. The molecular formula is C17H26N2O2. The minimum atomic E-state index is 0.0661. The highest BCUT2D eigenvalue weighted by Crippen LogP contribution is 2.20. The number of hydrogen-bond donors (Lipinski definition) is 1. The minimum absolute atomic E-state index is 0.0661. The van der Waals surface area contributed by atoms with Gasteiger partial charge in [0.25, 0.3) is 5.91 Å². The number of hydrogen-bond acceptors (Lipinski definition) is 3. The molecule has 4 nitrogen and oxygen atoms in total. The molecule has 1 aliphatic rings. The average Bonchev–Trinajstić information content (AvgIpc) is 2.48. The fourth-order valence-electron chi connectivity index (χ4n) is 2.71. The second-order valence-corrected chi connectivity index (χ2v) is 6.11. The summed E-state index contributed by atoms with van der Waals surface area (Å²) in [5.74, 6) is 1.36. The van der Waals surface area contributed by atoms with Crippen LogP contribution in [-0.2, 0) is 4.79 Å². The summed E-state index contributed by atoms with van der Waals surface area (Å²) in [6.07, 6.45) is 1.99.